The number of hydrogen-bond donors (Lipinski definition) is 2. The molecule has 1 aliphatic rings. The third kappa shape index (κ3) is 4.83. The molecular weight excluding hydrogens is 264 g/mol. The normalized spacial score (nSPS) is 22.4. The summed E-state index contributed by atoms with van der Waals surface area (Å²) in [4.78, 5) is 13.8. The van der Waals surface area contributed by atoms with Gasteiger partial charge in [0, 0.05) is 25.0 Å². The molecule has 1 saturated heterocycles. The molecule has 21 heavy (non-hydrogen) atoms. The van der Waals surface area contributed by atoms with Gasteiger partial charge >= 0.3 is 0 Å². The van der Waals surface area contributed by atoms with Crippen LogP contribution >= 0.6 is 0 Å². The van der Waals surface area contributed by atoms with Crippen molar-refractivity contribution in [3.05, 3.63) is 35.9 Å². The molecule has 1 aromatic carbocycles. The minimum atomic E-state index is 0.0998. The first kappa shape index (κ1) is 16.0. The van der Waals surface area contributed by atoms with E-state index in [4.69, 9.17) is 0 Å². The van der Waals surface area contributed by atoms with Crippen molar-refractivity contribution >= 4 is 5.91 Å². The first-order valence-electron chi connectivity index (χ1n) is 7.91. The lowest BCUT2D eigenvalue weighted by Crippen LogP contribution is -2.37. The molecule has 4 nitrogen and oxygen atoms in total. The number of hydrogen-bond acceptors (Lipinski definition) is 3. The number of rotatable bonds is 7. The molecule has 0 saturated carbocycles. The fourth-order valence-electron chi connectivity index (χ4n) is 3.01. The van der Waals surface area contributed by atoms with Crippen LogP contribution in [-0.2, 0) is 11.2 Å². The maximum Gasteiger partial charge on any atom is 0.219 e. The van der Waals surface area contributed by atoms with Crippen LogP contribution in [0, 0.1) is 0 Å². The van der Waals surface area contributed by atoms with Crippen LogP contribution in [0.1, 0.15) is 31.7 Å². The van der Waals surface area contributed by atoms with Crippen LogP contribution in [0.5, 0.6) is 0 Å². The van der Waals surface area contributed by atoms with Crippen LogP contribution in [0.2, 0.25) is 0 Å². The molecule has 2 rings (SSSR count). The summed E-state index contributed by atoms with van der Waals surface area (Å²) in [6, 6.07) is 10.8. The van der Waals surface area contributed by atoms with Crippen LogP contribution in [0.15, 0.2) is 30.3 Å². The summed E-state index contributed by atoms with van der Waals surface area (Å²) in [5, 5.41) is 12.5. The fraction of sp³-hybridized carbons (Fsp3) is 0.588. The Morgan fingerprint density at radius 1 is 1.38 bits per heavy atom. The molecule has 1 amide bonds. The lowest BCUT2D eigenvalue weighted by molar-refractivity contribution is -0.121. The Kier molecular flexibility index (Phi) is 6.21. The van der Waals surface area contributed by atoms with Gasteiger partial charge in [0.2, 0.25) is 5.91 Å². The van der Waals surface area contributed by atoms with Crippen molar-refractivity contribution in [1.82, 2.24) is 10.2 Å². The summed E-state index contributed by atoms with van der Waals surface area (Å²) in [5.74, 6) is 0.0998. The number of aliphatic hydroxyl groups excluding tert-OH is 1. The summed E-state index contributed by atoms with van der Waals surface area (Å²) in [5.41, 5.74) is 1.35. The zero-order valence-corrected chi connectivity index (χ0v) is 12.8. The number of carbonyl (C=O) groups excluding carboxylic acids is 1. The average molecular weight is 290 g/mol. The molecule has 1 aromatic rings. The van der Waals surface area contributed by atoms with Crippen molar-refractivity contribution in [2.75, 3.05) is 19.7 Å². The van der Waals surface area contributed by atoms with E-state index < -0.39 is 0 Å². The van der Waals surface area contributed by atoms with Crippen molar-refractivity contribution in [2.45, 2.75) is 44.7 Å². The molecular formula is C17H26N2O2. The van der Waals surface area contributed by atoms with Gasteiger partial charge in [-0.05, 0) is 31.4 Å². The second-order valence-corrected chi connectivity index (χ2v) is 5.77. The van der Waals surface area contributed by atoms with Gasteiger partial charge in [-0.2, -0.15) is 0 Å². The lowest BCUT2D eigenvalue weighted by atomic mass is 10.1. The molecule has 2 atom stereocenters. The number of likely N-dealkylation sites (tertiary alicyclic amines) is 1. The van der Waals surface area contributed by atoms with Crippen molar-refractivity contribution in [1.29, 1.82) is 0 Å². The third-order valence-electron chi connectivity index (χ3n) is 4.18. The number of benzene rings is 1. The topological polar surface area (TPSA) is 52.6 Å². The molecule has 1 heterocycles. The van der Waals surface area contributed by atoms with E-state index in [1.54, 1.807) is 0 Å². The van der Waals surface area contributed by atoms with E-state index in [1.165, 1.54) is 5.56 Å². The molecule has 0 aromatic heterocycles. The van der Waals surface area contributed by atoms with Gasteiger partial charge in [0.1, 0.15) is 0 Å². The molecule has 116 valence electrons. The zero-order valence-electron chi connectivity index (χ0n) is 12.8. The second kappa shape index (κ2) is 8.15. The van der Waals surface area contributed by atoms with E-state index in [9.17, 15) is 9.90 Å². The van der Waals surface area contributed by atoms with E-state index in [0.717, 1.165) is 32.4 Å². The smallest absolute Gasteiger partial charge is 0.219 e. The molecule has 0 unspecified atom stereocenters. The summed E-state index contributed by atoms with van der Waals surface area (Å²) in [7, 11) is 0. The van der Waals surface area contributed by atoms with Crippen molar-refractivity contribution in [3.63, 3.8) is 0 Å². The first-order valence-corrected chi connectivity index (χ1v) is 7.91. The summed E-state index contributed by atoms with van der Waals surface area (Å²) in [6.45, 7) is 3.86. The monoisotopic (exact) mass is 290 g/mol. The lowest BCUT2D eigenvalue weighted by Gasteiger charge is -2.22. The van der Waals surface area contributed by atoms with Gasteiger partial charge in [0.25, 0.3) is 0 Å². The fourth-order valence-corrected chi connectivity index (χ4v) is 3.01. The van der Waals surface area contributed by atoms with Gasteiger partial charge in [0.05, 0.1) is 6.61 Å². The summed E-state index contributed by atoms with van der Waals surface area (Å²) < 4.78 is 0. The Bertz CT molecular complexity index is 436. The SMILES string of the molecule is CCC(=O)N[C@@H]1C[C@H](CO)N(CCCc2ccccc2)C1. The highest BCUT2D eigenvalue weighted by molar-refractivity contribution is 5.75. The van der Waals surface area contributed by atoms with E-state index in [2.05, 4.69) is 34.5 Å². The number of aryl methyl sites for hydroxylation is 1. The van der Waals surface area contributed by atoms with Crippen molar-refractivity contribution in [2.24, 2.45) is 0 Å². The standard InChI is InChI=1S/C17H26N2O2/c1-2-17(21)18-15-11-16(13-20)19(12-15)10-6-9-14-7-4-3-5-8-14/h3-5,7-8,15-16,20H,2,6,9-13H2,1H3,(H,18,21)/t15-,16-/m1/s1. The average Bonchev–Trinajstić information content (AvgIpc) is 2.90. The molecule has 0 spiro atoms. The number of aliphatic hydroxyl groups is 1. The Morgan fingerprint density at radius 2 is 2.14 bits per heavy atom. The van der Waals surface area contributed by atoms with Gasteiger partial charge in [-0.15, -0.1) is 0 Å². The van der Waals surface area contributed by atoms with Gasteiger partial charge in [-0.25, -0.2) is 0 Å². The van der Waals surface area contributed by atoms with Crippen LogP contribution < -0.4 is 5.32 Å². The van der Waals surface area contributed by atoms with Gasteiger partial charge in [0.15, 0.2) is 0 Å². The third-order valence-corrected chi connectivity index (χ3v) is 4.18. The highest BCUT2D eigenvalue weighted by Crippen LogP contribution is 2.18. The minimum Gasteiger partial charge on any atom is -0.395 e. The predicted molar refractivity (Wildman–Crippen MR) is 84.0 cm³/mol. The second-order valence-electron chi connectivity index (χ2n) is 5.77. The van der Waals surface area contributed by atoms with Crippen LogP contribution in [-0.4, -0.2) is 47.7 Å². The Hall–Kier alpha value is -1.39. The Labute approximate surface area is 127 Å². The largest absolute Gasteiger partial charge is 0.395 e. The van der Waals surface area contributed by atoms with Gasteiger partial charge in [-0.3, -0.25) is 9.69 Å². The van der Waals surface area contributed by atoms with Crippen molar-refractivity contribution < 1.29 is 9.90 Å². The van der Waals surface area contributed by atoms with E-state index in [1.807, 2.05) is 13.0 Å². The maximum atomic E-state index is 11.5. The van der Waals surface area contributed by atoms with E-state index >= 15 is 0 Å². The molecule has 0 aliphatic carbocycles. The first-order chi connectivity index (χ1) is 10.2. The number of nitrogens with one attached hydrogen (secondary N) is 1. The van der Waals surface area contributed by atoms with E-state index in [-0.39, 0.29) is 24.6 Å². The molecule has 4 heteroatoms. The molecule has 1 fully saturated rings. The Balaban J connectivity index is 1.77. The number of nitrogens with zero attached hydrogens (tertiary/aromatic N) is 1. The van der Waals surface area contributed by atoms with Crippen LogP contribution in [0.3, 0.4) is 0 Å². The highest BCUT2D eigenvalue weighted by Gasteiger charge is 2.31. The zero-order chi connectivity index (χ0) is 15.1. The summed E-state index contributed by atoms with van der Waals surface area (Å²) >= 11 is 0. The molecule has 1 aliphatic heterocycles. The van der Waals surface area contributed by atoms with Crippen molar-refractivity contribution in [3.8, 4) is 0 Å². The highest BCUT2D eigenvalue weighted by atomic mass is 16.3. The quantitative estimate of drug-likeness (QED) is 0.801. The number of carbonyl (C=O) groups is 1. The number of amides is 1. The van der Waals surface area contributed by atoms with Gasteiger partial charge in [-0.1, -0.05) is 37.3 Å². The van der Waals surface area contributed by atoms with Crippen LogP contribution in [0.4, 0.5) is 0 Å². The Morgan fingerprint density at radius 3 is 2.81 bits per heavy atom. The maximum absolute atomic E-state index is 11.5. The molecule has 0 bridgehead atoms. The van der Waals surface area contributed by atoms with E-state index in [0.29, 0.717) is 6.42 Å². The predicted octanol–water partition coefficient (Wildman–Crippen LogP) is 1.58. The molecule has 2 N–H and O–H groups in total. The van der Waals surface area contributed by atoms with Crippen LogP contribution in [0.25, 0.3) is 0 Å². The molecule has 0 radical (unpaired) electrons. The van der Waals surface area contributed by atoms with Gasteiger partial charge < -0.3 is 10.4 Å². The minimum absolute atomic E-state index is 0.0998. The summed E-state index contributed by atoms with van der Waals surface area (Å²) in [6.07, 6.45) is 3.51.